The summed E-state index contributed by atoms with van der Waals surface area (Å²) in [6, 6.07) is 0. The molecule has 5 fully saturated rings. The van der Waals surface area contributed by atoms with Gasteiger partial charge < -0.3 is 9.47 Å². The van der Waals surface area contributed by atoms with Gasteiger partial charge in [0, 0.05) is 23.8 Å². The molecule has 0 heterocycles. The molecule has 5 nitrogen and oxygen atoms in total. The molecule has 0 aromatic rings. The lowest BCUT2D eigenvalue weighted by atomic mass is 9.40. The Kier molecular flexibility index (Phi) is 6.69. The van der Waals surface area contributed by atoms with Crippen molar-refractivity contribution < 1.29 is 23.9 Å². The van der Waals surface area contributed by atoms with Crippen LogP contribution in [0.3, 0.4) is 0 Å². The van der Waals surface area contributed by atoms with E-state index in [1.807, 2.05) is 0 Å². The Hall–Kier alpha value is -1.65. The summed E-state index contributed by atoms with van der Waals surface area (Å²) in [5.41, 5.74) is -1.41. The van der Waals surface area contributed by atoms with Gasteiger partial charge in [0.1, 0.15) is 5.60 Å². The average molecular weight is 499 g/mol. The predicted octanol–water partition coefficient (Wildman–Crippen LogP) is 6.72. The summed E-state index contributed by atoms with van der Waals surface area (Å²) >= 11 is 0. The van der Waals surface area contributed by atoms with E-state index in [-0.39, 0.29) is 35.0 Å². The molecular formula is C31H46O5. The normalized spacial score (nSPS) is 42.4. The fourth-order valence-electron chi connectivity index (χ4n) is 9.74. The number of ketones is 1. The van der Waals surface area contributed by atoms with Gasteiger partial charge in [-0.05, 0) is 75.0 Å². The summed E-state index contributed by atoms with van der Waals surface area (Å²) in [5, 5.41) is 0. The summed E-state index contributed by atoms with van der Waals surface area (Å²) in [6.07, 6.45) is 14.4. The Labute approximate surface area is 217 Å². The Morgan fingerprint density at radius 1 is 0.944 bits per heavy atom. The highest BCUT2D eigenvalue weighted by Crippen LogP contribution is 2.72. The second kappa shape index (κ2) is 9.27. The molecule has 1 spiro atoms. The molecule has 0 N–H and O–H groups in total. The number of carbonyl (C=O) groups is 3. The Balaban J connectivity index is 1.34. The van der Waals surface area contributed by atoms with Crippen LogP contribution in [-0.4, -0.2) is 29.9 Å². The van der Waals surface area contributed by atoms with Crippen LogP contribution in [0.25, 0.3) is 0 Å². The maximum atomic E-state index is 13.8. The number of carbonyl (C=O) groups excluding carboxylic acids is 3. The number of rotatable bonds is 6. The number of fused-ring (bicyclic) bond motifs is 3. The van der Waals surface area contributed by atoms with E-state index >= 15 is 0 Å². The van der Waals surface area contributed by atoms with Gasteiger partial charge in [0.05, 0.1) is 12.0 Å². The van der Waals surface area contributed by atoms with Crippen LogP contribution in [0.2, 0.25) is 0 Å². The molecule has 36 heavy (non-hydrogen) atoms. The first-order valence-electron chi connectivity index (χ1n) is 14.7. The lowest BCUT2D eigenvalue weighted by molar-refractivity contribution is -0.195. The molecule has 5 aliphatic rings. The number of hydrogen-bond acceptors (Lipinski definition) is 5. The van der Waals surface area contributed by atoms with Gasteiger partial charge in [0.25, 0.3) is 0 Å². The third-order valence-corrected chi connectivity index (χ3v) is 11.6. The predicted molar refractivity (Wildman–Crippen MR) is 138 cm³/mol. The average Bonchev–Trinajstić information content (AvgIpc) is 3.01. The Morgan fingerprint density at radius 2 is 1.67 bits per heavy atom. The van der Waals surface area contributed by atoms with Crippen LogP contribution in [0.5, 0.6) is 0 Å². The maximum Gasteiger partial charge on any atom is 0.312 e. The van der Waals surface area contributed by atoms with Gasteiger partial charge in [0.15, 0.2) is 5.78 Å². The van der Waals surface area contributed by atoms with Gasteiger partial charge in [-0.25, -0.2) is 0 Å². The van der Waals surface area contributed by atoms with Crippen molar-refractivity contribution in [2.45, 2.75) is 123 Å². The van der Waals surface area contributed by atoms with E-state index in [0.717, 1.165) is 44.9 Å². The standard InChI is InChI=1S/C31H46O5/c1-5-25(32)36-31-18-13-24-28(3)15-9-16-29(4,27(34)35-19-14-22-10-7-6-8-11-22)23(28)12-17-30(24,20-31)26(33)21(31)2/h22-24H,2,5-20H2,1,3-4H3/t23-,24-,28+,29+,30+,31-/m0/s1. The fraction of sp³-hybridized carbons (Fsp3) is 0.839. The van der Waals surface area contributed by atoms with Crippen molar-refractivity contribution in [3.05, 3.63) is 12.2 Å². The van der Waals surface area contributed by atoms with Crippen LogP contribution < -0.4 is 0 Å². The molecule has 5 saturated carbocycles. The number of Topliss-reactive ketones (excluding diaryl/α,β-unsaturated/α-hetero) is 1. The molecule has 0 aromatic heterocycles. The van der Waals surface area contributed by atoms with Crippen molar-refractivity contribution >= 4 is 17.7 Å². The highest BCUT2D eigenvalue weighted by molar-refractivity contribution is 6.05. The number of esters is 2. The van der Waals surface area contributed by atoms with Crippen molar-refractivity contribution in [3.63, 3.8) is 0 Å². The minimum absolute atomic E-state index is 0.0191. The van der Waals surface area contributed by atoms with E-state index in [2.05, 4.69) is 20.4 Å². The molecule has 0 radical (unpaired) electrons. The molecule has 0 saturated heterocycles. The third kappa shape index (κ3) is 3.81. The quantitative estimate of drug-likeness (QED) is 0.300. The molecule has 200 valence electrons. The van der Waals surface area contributed by atoms with Crippen molar-refractivity contribution in [1.82, 2.24) is 0 Å². The minimum atomic E-state index is -0.820. The lowest BCUT2D eigenvalue weighted by Crippen LogP contribution is -2.60. The maximum absolute atomic E-state index is 13.8. The first kappa shape index (κ1) is 26.0. The SMILES string of the molecule is C=C1C(=O)[C@@]23CC[C@H]4[C@@](C)(CCC[C@@]4(C)C(=O)OCCC4CCCCC4)[C@@H]2CC[C@]1(OC(=O)CC)C3. The minimum Gasteiger partial charge on any atom is -0.465 e. The zero-order chi connectivity index (χ0) is 25.8. The summed E-state index contributed by atoms with van der Waals surface area (Å²) in [6.45, 7) is 11.0. The zero-order valence-electron chi connectivity index (χ0n) is 22.8. The lowest BCUT2D eigenvalue weighted by Gasteiger charge is -2.63. The summed E-state index contributed by atoms with van der Waals surface area (Å²) in [4.78, 5) is 39.8. The van der Waals surface area contributed by atoms with Crippen LogP contribution in [0, 0.1) is 34.0 Å². The van der Waals surface area contributed by atoms with Crippen molar-refractivity contribution in [2.75, 3.05) is 6.61 Å². The van der Waals surface area contributed by atoms with Crippen LogP contribution in [0.1, 0.15) is 117 Å². The van der Waals surface area contributed by atoms with Gasteiger partial charge in [-0.2, -0.15) is 0 Å². The molecule has 6 atom stereocenters. The smallest absolute Gasteiger partial charge is 0.312 e. The topological polar surface area (TPSA) is 69.7 Å². The Bertz CT molecular complexity index is 933. The Morgan fingerprint density at radius 3 is 2.39 bits per heavy atom. The molecular weight excluding hydrogens is 452 g/mol. The first-order valence-corrected chi connectivity index (χ1v) is 14.7. The van der Waals surface area contributed by atoms with Crippen LogP contribution in [0.4, 0.5) is 0 Å². The summed E-state index contributed by atoms with van der Waals surface area (Å²) in [5.74, 6) is 0.963. The highest BCUT2D eigenvalue weighted by atomic mass is 16.6. The van der Waals surface area contributed by atoms with Gasteiger partial charge in [-0.3, -0.25) is 14.4 Å². The van der Waals surface area contributed by atoms with Crippen molar-refractivity contribution in [1.29, 1.82) is 0 Å². The fourth-order valence-corrected chi connectivity index (χ4v) is 9.74. The van der Waals surface area contributed by atoms with E-state index in [0.29, 0.717) is 37.4 Å². The van der Waals surface area contributed by atoms with Gasteiger partial charge in [-0.15, -0.1) is 0 Å². The van der Waals surface area contributed by atoms with E-state index in [1.165, 1.54) is 32.1 Å². The van der Waals surface area contributed by atoms with E-state index in [1.54, 1.807) is 6.92 Å². The third-order valence-electron chi connectivity index (χ3n) is 11.6. The molecule has 0 amide bonds. The summed E-state index contributed by atoms with van der Waals surface area (Å²) < 4.78 is 12.0. The molecule has 0 aromatic carbocycles. The number of ether oxygens (including phenoxy) is 2. The first-order chi connectivity index (χ1) is 17.1. The van der Waals surface area contributed by atoms with Crippen molar-refractivity contribution in [3.8, 4) is 0 Å². The molecule has 5 aliphatic carbocycles. The van der Waals surface area contributed by atoms with E-state index in [9.17, 15) is 14.4 Å². The number of hydrogen-bond donors (Lipinski definition) is 0. The van der Waals surface area contributed by atoms with Gasteiger partial charge >= 0.3 is 11.9 Å². The molecule has 5 rings (SSSR count). The van der Waals surface area contributed by atoms with Crippen LogP contribution in [0.15, 0.2) is 12.2 Å². The van der Waals surface area contributed by atoms with Crippen LogP contribution >= 0.6 is 0 Å². The highest BCUT2D eigenvalue weighted by Gasteiger charge is 2.72. The second-order valence-electron chi connectivity index (χ2n) is 13.4. The van der Waals surface area contributed by atoms with Gasteiger partial charge in [-0.1, -0.05) is 59.0 Å². The second-order valence-corrected chi connectivity index (χ2v) is 13.4. The van der Waals surface area contributed by atoms with Crippen molar-refractivity contribution in [2.24, 2.45) is 34.0 Å². The molecule has 2 bridgehead atoms. The molecule has 0 unspecified atom stereocenters. The molecule has 5 heteroatoms. The largest absolute Gasteiger partial charge is 0.465 e. The van der Waals surface area contributed by atoms with Gasteiger partial charge in [0.2, 0.25) is 0 Å². The zero-order valence-corrected chi connectivity index (χ0v) is 22.8. The monoisotopic (exact) mass is 498 g/mol. The summed E-state index contributed by atoms with van der Waals surface area (Å²) in [7, 11) is 0. The molecule has 0 aliphatic heterocycles. The van der Waals surface area contributed by atoms with Crippen LogP contribution in [-0.2, 0) is 23.9 Å². The van der Waals surface area contributed by atoms with E-state index in [4.69, 9.17) is 9.47 Å². The van der Waals surface area contributed by atoms with E-state index < -0.39 is 16.4 Å².